The Bertz CT molecular complexity index is 1680. The first kappa shape index (κ1) is 28.6. The lowest BCUT2D eigenvalue weighted by molar-refractivity contribution is -0.131. The Balaban J connectivity index is 1.38. The number of ether oxygens (including phenoxy) is 1. The third-order valence-electron chi connectivity index (χ3n) is 8.45. The van der Waals surface area contributed by atoms with Crippen LogP contribution in [0.5, 0.6) is 5.75 Å². The molecule has 1 fully saturated rings. The Morgan fingerprint density at radius 2 is 1.95 bits per heavy atom. The first-order valence-corrected chi connectivity index (χ1v) is 14.6. The van der Waals surface area contributed by atoms with Crippen molar-refractivity contribution in [3.63, 3.8) is 0 Å². The maximum atomic E-state index is 16.5. The maximum absolute atomic E-state index is 16.5. The fourth-order valence-corrected chi connectivity index (χ4v) is 6.17. The number of carbonyl (C=O) groups is 2. The summed E-state index contributed by atoms with van der Waals surface area (Å²) in [7, 11) is 3.65. The molecule has 2 aliphatic rings. The summed E-state index contributed by atoms with van der Waals surface area (Å²) in [5.74, 6) is 0.0271. The van der Waals surface area contributed by atoms with E-state index in [1.807, 2.05) is 55.3 Å². The highest BCUT2D eigenvalue weighted by atomic mass is 19.1. The fraction of sp³-hybridized carbons (Fsp3) is 0.375. The Labute approximate surface area is 249 Å². The Morgan fingerprint density at radius 1 is 1.12 bits per heavy atom. The van der Waals surface area contributed by atoms with E-state index in [0.717, 1.165) is 29.8 Å². The monoisotopic (exact) mass is 585 g/mol. The predicted octanol–water partition coefficient (Wildman–Crippen LogP) is 4.06. The number of aryl methyl sites for hydroxylation is 1. The average Bonchev–Trinajstić information content (AvgIpc) is 3.71. The van der Waals surface area contributed by atoms with E-state index in [0.29, 0.717) is 48.4 Å². The molecule has 4 heterocycles. The fourth-order valence-electron chi connectivity index (χ4n) is 6.17. The van der Waals surface area contributed by atoms with E-state index in [1.54, 1.807) is 35.2 Å². The van der Waals surface area contributed by atoms with Gasteiger partial charge in [-0.05, 0) is 49.7 Å². The molecule has 224 valence electrons. The summed E-state index contributed by atoms with van der Waals surface area (Å²) in [6, 6.07) is 11.2. The number of nitrogens with zero attached hydrogens (tertiary/aromatic N) is 6. The molecule has 1 N–H and O–H groups in total. The van der Waals surface area contributed by atoms with Crippen molar-refractivity contribution in [1.82, 2.24) is 34.7 Å². The second-order valence-electron chi connectivity index (χ2n) is 11.3. The van der Waals surface area contributed by atoms with Crippen LogP contribution in [0.15, 0.2) is 54.9 Å². The first-order valence-electron chi connectivity index (χ1n) is 14.6. The van der Waals surface area contributed by atoms with Crippen LogP contribution in [0.3, 0.4) is 0 Å². The SMILES string of the molecule is COc1ccccc1-c1cc(C2=CCCN(C(=O)CCn3ccnn3)C2)c(F)c2[nH]c(C(=O)N3CCN(C)C[C@@H]3C)cc12. The van der Waals surface area contributed by atoms with E-state index >= 15 is 4.39 Å². The quantitative estimate of drug-likeness (QED) is 0.351. The summed E-state index contributed by atoms with van der Waals surface area (Å²) in [4.78, 5) is 35.7. The summed E-state index contributed by atoms with van der Waals surface area (Å²) >= 11 is 0. The van der Waals surface area contributed by atoms with E-state index < -0.39 is 5.82 Å². The Hall–Kier alpha value is -4.51. The second-order valence-corrected chi connectivity index (χ2v) is 11.3. The number of benzene rings is 2. The molecule has 2 aliphatic heterocycles. The van der Waals surface area contributed by atoms with Gasteiger partial charge < -0.3 is 24.4 Å². The number of piperazine rings is 1. The van der Waals surface area contributed by atoms with Crippen LogP contribution in [0.4, 0.5) is 4.39 Å². The molecule has 6 rings (SSSR count). The van der Waals surface area contributed by atoms with E-state index in [1.165, 1.54) is 0 Å². The molecule has 0 bridgehead atoms. The molecular weight excluding hydrogens is 549 g/mol. The number of aromatic nitrogens is 4. The van der Waals surface area contributed by atoms with Crippen LogP contribution in [-0.4, -0.2) is 99.4 Å². The highest BCUT2D eigenvalue weighted by Gasteiger charge is 2.30. The lowest BCUT2D eigenvalue weighted by Gasteiger charge is -2.38. The topological polar surface area (TPSA) is 99.6 Å². The molecule has 1 saturated heterocycles. The minimum atomic E-state index is -0.442. The van der Waals surface area contributed by atoms with Crippen molar-refractivity contribution in [3.8, 4) is 16.9 Å². The molecule has 10 nitrogen and oxygen atoms in total. The van der Waals surface area contributed by atoms with E-state index in [2.05, 4.69) is 20.2 Å². The van der Waals surface area contributed by atoms with E-state index in [-0.39, 0.29) is 36.3 Å². The molecule has 0 aliphatic carbocycles. The molecule has 0 spiro atoms. The number of rotatable bonds is 7. The Kier molecular flexibility index (Phi) is 7.98. The van der Waals surface area contributed by atoms with Gasteiger partial charge in [0, 0.05) is 67.9 Å². The van der Waals surface area contributed by atoms with Gasteiger partial charge >= 0.3 is 0 Å². The standard InChI is InChI=1S/C32H36FN7O3/c1-21-19-37(2)15-16-40(21)32(42)27-18-26-25(23-8-4-5-9-28(23)43-3)17-24(30(33)31(26)35-27)22-7-6-12-38(20-22)29(41)10-13-39-14-11-34-36-39/h4-5,7-9,11,14,17-18,21,35H,6,10,12-13,15-16,19-20H2,1-3H3/t21-/m0/s1. The highest BCUT2D eigenvalue weighted by Crippen LogP contribution is 2.40. The van der Waals surface area contributed by atoms with Crippen LogP contribution >= 0.6 is 0 Å². The van der Waals surface area contributed by atoms with Crippen molar-refractivity contribution in [1.29, 1.82) is 0 Å². The summed E-state index contributed by atoms with van der Waals surface area (Å²) in [6.45, 7) is 5.47. The van der Waals surface area contributed by atoms with Crippen LogP contribution < -0.4 is 4.74 Å². The van der Waals surface area contributed by atoms with Gasteiger partial charge in [0.05, 0.1) is 25.4 Å². The van der Waals surface area contributed by atoms with Gasteiger partial charge in [-0.2, -0.15) is 0 Å². The Morgan fingerprint density at radius 3 is 2.72 bits per heavy atom. The largest absolute Gasteiger partial charge is 0.496 e. The number of hydrogen-bond donors (Lipinski definition) is 1. The van der Waals surface area contributed by atoms with Crippen molar-refractivity contribution in [2.45, 2.75) is 32.4 Å². The number of H-pyrrole nitrogens is 1. The van der Waals surface area contributed by atoms with Crippen molar-refractivity contribution in [2.75, 3.05) is 46.9 Å². The van der Waals surface area contributed by atoms with Gasteiger partial charge in [0.2, 0.25) is 5.91 Å². The summed E-state index contributed by atoms with van der Waals surface area (Å²) in [5.41, 5.74) is 3.28. The smallest absolute Gasteiger partial charge is 0.270 e. The average molecular weight is 586 g/mol. The summed E-state index contributed by atoms with van der Waals surface area (Å²) in [6.07, 6.45) is 6.19. The molecule has 11 heteroatoms. The molecule has 2 amide bonds. The van der Waals surface area contributed by atoms with Crippen LogP contribution in [0, 0.1) is 5.82 Å². The molecule has 0 unspecified atom stereocenters. The lowest BCUT2D eigenvalue weighted by Crippen LogP contribution is -2.52. The van der Waals surface area contributed by atoms with Crippen LogP contribution in [-0.2, 0) is 11.3 Å². The van der Waals surface area contributed by atoms with Gasteiger partial charge in [0.1, 0.15) is 11.4 Å². The van der Waals surface area contributed by atoms with E-state index in [4.69, 9.17) is 4.74 Å². The van der Waals surface area contributed by atoms with Gasteiger partial charge in [-0.3, -0.25) is 14.3 Å². The maximum Gasteiger partial charge on any atom is 0.270 e. The van der Waals surface area contributed by atoms with Gasteiger partial charge in [0.15, 0.2) is 5.82 Å². The zero-order valence-corrected chi connectivity index (χ0v) is 24.7. The number of hydrogen-bond acceptors (Lipinski definition) is 6. The molecule has 2 aromatic heterocycles. The van der Waals surface area contributed by atoms with Crippen LogP contribution in [0.2, 0.25) is 0 Å². The number of likely N-dealkylation sites (N-methyl/N-ethyl adjacent to an activating group) is 1. The van der Waals surface area contributed by atoms with Crippen LogP contribution in [0.25, 0.3) is 27.6 Å². The number of amides is 2. The van der Waals surface area contributed by atoms with Crippen molar-refractivity contribution in [2.24, 2.45) is 0 Å². The number of nitrogens with one attached hydrogen (secondary N) is 1. The minimum Gasteiger partial charge on any atom is -0.496 e. The zero-order valence-electron chi connectivity index (χ0n) is 24.7. The van der Waals surface area contributed by atoms with Gasteiger partial charge in [-0.1, -0.05) is 29.5 Å². The molecule has 43 heavy (non-hydrogen) atoms. The highest BCUT2D eigenvalue weighted by molar-refractivity contribution is 6.05. The second kappa shape index (κ2) is 12.0. The number of fused-ring (bicyclic) bond motifs is 1. The molecule has 0 saturated carbocycles. The molecule has 1 atom stereocenters. The van der Waals surface area contributed by atoms with Gasteiger partial charge in [0.25, 0.3) is 5.91 Å². The normalized spacial score (nSPS) is 17.8. The molecule has 4 aromatic rings. The number of para-hydroxylation sites is 1. The van der Waals surface area contributed by atoms with E-state index in [9.17, 15) is 9.59 Å². The zero-order chi connectivity index (χ0) is 30.1. The van der Waals surface area contributed by atoms with Gasteiger partial charge in [-0.15, -0.1) is 5.10 Å². The molecular formula is C32H36FN7O3. The number of halogens is 1. The number of methoxy groups -OCH3 is 1. The summed E-state index contributed by atoms with van der Waals surface area (Å²) < 4.78 is 23.8. The van der Waals surface area contributed by atoms with Crippen molar-refractivity contribution >= 4 is 28.3 Å². The third kappa shape index (κ3) is 5.64. The first-order chi connectivity index (χ1) is 20.8. The minimum absolute atomic E-state index is 0.0263. The van der Waals surface area contributed by atoms with Crippen molar-refractivity contribution in [3.05, 3.63) is 71.9 Å². The van der Waals surface area contributed by atoms with Crippen molar-refractivity contribution < 1.29 is 18.7 Å². The van der Waals surface area contributed by atoms with Crippen LogP contribution in [0.1, 0.15) is 35.8 Å². The third-order valence-corrected chi connectivity index (χ3v) is 8.45. The summed E-state index contributed by atoms with van der Waals surface area (Å²) in [5, 5.41) is 8.33. The van der Waals surface area contributed by atoms with Gasteiger partial charge in [-0.25, -0.2) is 4.39 Å². The molecule has 2 aromatic carbocycles. The lowest BCUT2D eigenvalue weighted by atomic mass is 9.93. The molecule has 0 radical (unpaired) electrons. The number of carbonyl (C=O) groups excluding carboxylic acids is 2. The number of aromatic amines is 1. The predicted molar refractivity (Wildman–Crippen MR) is 162 cm³/mol.